The van der Waals surface area contributed by atoms with Gasteiger partial charge in [0, 0.05) is 32.9 Å². The number of halogens is 2. The van der Waals surface area contributed by atoms with Crippen molar-refractivity contribution < 1.29 is 14.3 Å². The molecule has 0 unspecified atom stereocenters. The van der Waals surface area contributed by atoms with Gasteiger partial charge in [0.05, 0.1) is 19.3 Å². The van der Waals surface area contributed by atoms with E-state index in [1.54, 1.807) is 31.4 Å². The lowest BCUT2D eigenvalue weighted by molar-refractivity contribution is -0.138. The summed E-state index contributed by atoms with van der Waals surface area (Å²) in [5, 5.41) is 5.74. The molecule has 0 amide bonds. The summed E-state index contributed by atoms with van der Waals surface area (Å²) in [6.07, 6.45) is 3.13. The second-order valence-electron chi connectivity index (χ2n) is 6.73. The third-order valence-electron chi connectivity index (χ3n) is 4.73. The molecule has 0 bridgehead atoms. The van der Waals surface area contributed by atoms with Crippen LogP contribution in [0.5, 0.6) is 5.75 Å². The fraction of sp³-hybridized carbons (Fsp3) is 0.217. The first-order valence-corrected chi connectivity index (χ1v) is 10.1. The molecule has 156 valence electrons. The highest BCUT2D eigenvalue weighted by molar-refractivity contribution is 6.35. The maximum atomic E-state index is 12.1. The van der Waals surface area contributed by atoms with Crippen molar-refractivity contribution in [2.24, 2.45) is 0 Å². The molecule has 1 heterocycles. The molecule has 3 rings (SSSR count). The van der Waals surface area contributed by atoms with E-state index in [9.17, 15) is 4.79 Å². The van der Waals surface area contributed by atoms with Crippen molar-refractivity contribution in [1.82, 2.24) is 9.78 Å². The van der Waals surface area contributed by atoms with E-state index in [2.05, 4.69) is 5.10 Å². The highest BCUT2D eigenvalue weighted by atomic mass is 35.5. The maximum absolute atomic E-state index is 12.1. The Kier molecular flexibility index (Phi) is 7.19. The van der Waals surface area contributed by atoms with E-state index in [1.807, 2.05) is 42.8 Å². The fourth-order valence-electron chi connectivity index (χ4n) is 3.01. The van der Waals surface area contributed by atoms with Gasteiger partial charge in [0.1, 0.15) is 12.4 Å². The molecule has 0 aliphatic carbocycles. The summed E-state index contributed by atoms with van der Waals surface area (Å²) in [5.74, 6) is 0.331. The van der Waals surface area contributed by atoms with Crippen molar-refractivity contribution in [3.63, 3.8) is 0 Å². The SMILES string of the molecule is COc1ccc(COC(=O)/C=C/c2c(C)nn(Cc3c(Cl)cccc3Cl)c2C)cc1. The summed E-state index contributed by atoms with van der Waals surface area (Å²) < 4.78 is 12.2. The Balaban J connectivity index is 1.67. The molecule has 0 fully saturated rings. The molecule has 2 aromatic carbocycles. The second-order valence-corrected chi connectivity index (χ2v) is 7.55. The van der Waals surface area contributed by atoms with E-state index >= 15 is 0 Å². The molecule has 0 aliphatic rings. The highest BCUT2D eigenvalue weighted by Gasteiger charge is 2.13. The molecule has 7 heteroatoms. The van der Waals surface area contributed by atoms with Crippen LogP contribution in [-0.4, -0.2) is 22.9 Å². The number of hydrogen-bond donors (Lipinski definition) is 0. The van der Waals surface area contributed by atoms with Gasteiger partial charge in [-0.1, -0.05) is 41.4 Å². The lowest BCUT2D eigenvalue weighted by Crippen LogP contribution is -2.05. The molecular formula is C23H22Cl2N2O3. The van der Waals surface area contributed by atoms with Crippen LogP contribution in [0.3, 0.4) is 0 Å². The lowest BCUT2D eigenvalue weighted by atomic mass is 10.1. The average Bonchev–Trinajstić information content (AvgIpc) is 3.00. The normalized spacial score (nSPS) is 11.1. The summed E-state index contributed by atoms with van der Waals surface area (Å²) in [5.41, 5.74) is 4.26. The smallest absolute Gasteiger partial charge is 0.331 e. The number of esters is 1. The first kappa shape index (κ1) is 21.9. The monoisotopic (exact) mass is 444 g/mol. The Hall–Kier alpha value is -2.76. The molecule has 0 spiro atoms. The fourth-order valence-corrected chi connectivity index (χ4v) is 3.53. The third kappa shape index (κ3) is 5.23. The minimum absolute atomic E-state index is 0.190. The van der Waals surface area contributed by atoms with E-state index in [0.717, 1.165) is 33.8 Å². The van der Waals surface area contributed by atoms with Gasteiger partial charge in [-0.05, 0) is 49.8 Å². The predicted molar refractivity (Wildman–Crippen MR) is 119 cm³/mol. The molecule has 0 aliphatic heterocycles. The summed E-state index contributed by atoms with van der Waals surface area (Å²) >= 11 is 12.6. The Morgan fingerprint density at radius 3 is 2.40 bits per heavy atom. The van der Waals surface area contributed by atoms with Gasteiger partial charge < -0.3 is 9.47 Å². The number of hydrogen-bond acceptors (Lipinski definition) is 4. The minimum Gasteiger partial charge on any atom is -0.497 e. The van der Waals surface area contributed by atoms with E-state index in [4.69, 9.17) is 32.7 Å². The zero-order valence-electron chi connectivity index (χ0n) is 17.0. The average molecular weight is 445 g/mol. The Bertz CT molecular complexity index is 1050. The van der Waals surface area contributed by atoms with Crippen LogP contribution in [0.15, 0.2) is 48.5 Å². The Morgan fingerprint density at radius 2 is 1.77 bits per heavy atom. The number of methoxy groups -OCH3 is 1. The van der Waals surface area contributed by atoms with Crippen LogP contribution in [0.4, 0.5) is 0 Å². The van der Waals surface area contributed by atoms with Gasteiger partial charge in [0.25, 0.3) is 0 Å². The van der Waals surface area contributed by atoms with Crippen LogP contribution in [-0.2, 0) is 22.7 Å². The number of carbonyl (C=O) groups is 1. The number of benzene rings is 2. The van der Waals surface area contributed by atoms with Crippen molar-refractivity contribution in [1.29, 1.82) is 0 Å². The molecular weight excluding hydrogens is 423 g/mol. The number of nitrogens with zero attached hydrogens (tertiary/aromatic N) is 2. The largest absolute Gasteiger partial charge is 0.497 e. The molecule has 0 N–H and O–H groups in total. The number of ether oxygens (including phenoxy) is 2. The van der Waals surface area contributed by atoms with E-state index in [1.165, 1.54) is 6.08 Å². The maximum Gasteiger partial charge on any atom is 0.331 e. The molecule has 0 radical (unpaired) electrons. The summed E-state index contributed by atoms with van der Waals surface area (Å²) in [7, 11) is 1.61. The van der Waals surface area contributed by atoms with Crippen LogP contribution in [0.25, 0.3) is 6.08 Å². The van der Waals surface area contributed by atoms with Crippen molar-refractivity contribution in [3.05, 3.63) is 86.7 Å². The Labute approximate surface area is 185 Å². The van der Waals surface area contributed by atoms with Gasteiger partial charge in [-0.25, -0.2) is 4.79 Å². The summed E-state index contributed by atoms with van der Waals surface area (Å²) in [6, 6.07) is 12.8. The number of aromatic nitrogens is 2. The van der Waals surface area contributed by atoms with Crippen molar-refractivity contribution in [2.45, 2.75) is 27.0 Å². The van der Waals surface area contributed by atoms with Gasteiger partial charge in [-0.3, -0.25) is 4.68 Å². The van der Waals surface area contributed by atoms with Gasteiger partial charge in [-0.2, -0.15) is 5.10 Å². The molecule has 0 saturated carbocycles. The summed E-state index contributed by atoms with van der Waals surface area (Å²) in [4.78, 5) is 12.1. The van der Waals surface area contributed by atoms with Crippen LogP contribution in [0.1, 0.15) is 28.1 Å². The first-order chi connectivity index (χ1) is 14.4. The minimum atomic E-state index is -0.425. The predicted octanol–water partition coefficient (Wildman–Crippen LogP) is 5.62. The number of carbonyl (C=O) groups excluding carboxylic acids is 1. The number of rotatable bonds is 7. The Morgan fingerprint density at radius 1 is 1.10 bits per heavy atom. The third-order valence-corrected chi connectivity index (χ3v) is 5.44. The quantitative estimate of drug-likeness (QED) is 0.350. The zero-order chi connectivity index (χ0) is 21.7. The van der Waals surface area contributed by atoms with Gasteiger partial charge in [0.2, 0.25) is 0 Å². The van der Waals surface area contributed by atoms with E-state index < -0.39 is 5.97 Å². The second kappa shape index (κ2) is 9.83. The van der Waals surface area contributed by atoms with Crippen LogP contribution >= 0.6 is 23.2 Å². The van der Waals surface area contributed by atoms with Crippen molar-refractivity contribution in [2.75, 3.05) is 7.11 Å². The lowest BCUT2D eigenvalue weighted by Gasteiger charge is -2.09. The topological polar surface area (TPSA) is 53.4 Å². The molecule has 30 heavy (non-hydrogen) atoms. The van der Waals surface area contributed by atoms with Gasteiger partial charge in [0.15, 0.2) is 0 Å². The van der Waals surface area contributed by atoms with Crippen molar-refractivity contribution in [3.8, 4) is 5.75 Å². The molecule has 1 aromatic heterocycles. The van der Waals surface area contributed by atoms with Crippen LogP contribution in [0.2, 0.25) is 10.0 Å². The van der Waals surface area contributed by atoms with Crippen LogP contribution in [0, 0.1) is 13.8 Å². The van der Waals surface area contributed by atoms with Crippen LogP contribution < -0.4 is 4.74 Å². The van der Waals surface area contributed by atoms with Crippen molar-refractivity contribution >= 4 is 35.2 Å². The molecule has 0 atom stereocenters. The standard InChI is InChI=1S/C23H22Cl2N2O3/c1-15-19(11-12-23(28)30-14-17-7-9-18(29-3)10-8-17)16(2)27(26-15)13-20-21(24)5-4-6-22(20)25/h4-12H,13-14H2,1-3H3/b12-11+. The number of aryl methyl sites for hydroxylation is 1. The van der Waals surface area contributed by atoms with E-state index in [0.29, 0.717) is 16.6 Å². The molecule has 3 aromatic rings. The zero-order valence-corrected chi connectivity index (χ0v) is 18.5. The van der Waals surface area contributed by atoms with E-state index in [-0.39, 0.29) is 6.61 Å². The first-order valence-electron chi connectivity index (χ1n) is 9.33. The van der Waals surface area contributed by atoms with Gasteiger partial charge >= 0.3 is 5.97 Å². The molecule has 0 saturated heterocycles. The summed E-state index contributed by atoms with van der Waals surface area (Å²) in [6.45, 7) is 4.46. The van der Waals surface area contributed by atoms with Gasteiger partial charge in [-0.15, -0.1) is 0 Å². The molecule has 5 nitrogen and oxygen atoms in total. The highest BCUT2D eigenvalue weighted by Crippen LogP contribution is 2.26.